The van der Waals surface area contributed by atoms with Crippen molar-refractivity contribution in [3.63, 3.8) is 0 Å². The van der Waals surface area contributed by atoms with Gasteiger partial charge in [-0.25, -0.2) is 0 Å². The third-order valence-electron chi connectivity index (χ3n) is 4.77. The molecule has 0 bridgehead atoms. The molecule has 0 aliphatic heterocycles. The van der Waals surface area contributed by atoms with Gasteiger partial charge in [0.1, 0.15) is 0 Å². The quantitative estimate of drug-likeness (QED) is 0.666. The fraction of sp³-hybridized carbons (Fsp3) is 0.286. The number of carbonyl (C=O) groups excluding carboxylic acids is 3. The Hall–Kier alpha value is -3.36. The minimum Gasteiger partial charge on any atom is -0.326 e. The molecule has 1 fully saturated rings. The molecule has 1 aliphatic rings. The third-order valence-corrected chi connectivity index (χ3v) is 4.77. The number of nitrogens with one attached hydrogen (secondary N) is 3. The molecule has 0 saturated heterocycles. The molecule has 2 aromatic rings. The maximum Gasteiger partial charge on any atom is 0.416 e. The van der Waals surface area contributed by atoms with Gasteiger partial charge in [0.25, 0.3) is 5.91 Å². The standard InChI is InChI=1S/C21H20F3N3O3/c1-11-9-16(11)20(30)26-15-6-3-13(4-7-15)19(29)27-18-10-14(21(22,23)24)5-8-17(18)25-12(2)28/h3-8,10-11,16H,9H2,1-2H3,(H,25,28)(H,26,30)(H,27,29). The van der Waals surface area contributed by atoms with Crippen LogP contribution in [-0.2, 0) is 15.8 Å². The molecule has 9 heteroatoms. The van der Waals surface area contributed by atoms with Crippen LogP contribution in [0.4, 0.5) is 30.2 Å². The zero-order valence-electron chi connectivity index (χ0n) is 16.3. The molecule has 0 spiro atoms. The van der Waals surface area contributed by atoms with Crippen molar-refractivity contribution in [1.82, 2.24) is 0 Å². The van der Waals surface area contributed by atoms with Crippen molar-refractivity contribution in [3.8, 4) is 0 Å². The first-order valence-electron chi connectivity index (χ1n) is 9.25. The van der Waals surface area contributed by atoms with Crippen molar-refractivity contribution in [2.24, 2.45) is 11.8 Å². The van der Waals surface area contributed by atoms with E-state index in [-0.39, 0.29) is 28.8 Å². The first-order valence-corrected chi connectivity index (χ1v) is 9.25. The van der Waals surface area contributed by atoms with Gasteiger partial charge in [0, 0.05) is 24.1 Å². The Labute approximate surface area is 170 Å². The summed E-state index contributed by atoms with van der Waals surface area (Å²) < 4.78 is 39.1. The summed E-state index contributed by atoms with van der Waals surface area (Å²) in [6.07, 6.45) is -3.76. The van der Waals surface area contributed by atoms with E-state index >= 15 is 0 Å². The van der Waals surface area contributed by atoms with Crippen LogP contribution < -0.4 is 16.0 Å². The number of benzene rings is 2. The highest BCUT2D eigenvalue weighted by molar-refractivity contribution is 6.07. The summed E-state index contributed by atoms with van der Waals surface area (Å²) in [5.41, 5.74) is -0.386. The summed E-state index contributed by atoms with van der Waals surface area (Å²) in [6, 6.07) is 8.65. The summed E-state index contributed by atoms with van der Waals surface area (Å²) in [4.78, 5) is 35.8. The number of amides is 3. The Balaban J connectivity index is 1.75. The van der Waals surface area contributed by atoms with Gasteiger partial charge in [-0.1, -0.05) is 6.92 Å². The Bertz CT molecular complexity index is 987. The van der Waals surface area contributed by atoms with E-state index in [4.69, 9.17) is 0 Å². The maximum atomic E-state index is 13.0. The van der Waals surface area contributed by atoms with Crippen molar-refractivity contribution in [3.05, 3.63) is 53.6 Å². The highest BCUT2D eigenvalue weighted by atomic mass is 19.4. The Morgan fingerprint density at radius 3 is 2.10 bits per heavy atom. The largest absolute Gasteiger partial charge is 0.416 e. The van der Waals surface area contributed by atoms with E-state index in [1.807, 2.05) is 6.92 Å². The van der Waals surface area contributed by atoms with E-state index in [0.717, 1.165) is 24.6 Å². The third kappa shape index (κ3) is 5.16. The maximum absolute atomic E-state index is 13.0. The van der Waals surface area contributed by atoms with Crippen molar-refractivity contribution < 1.29 is 27.6 Å². The first-order chi connectivity index (χ1) is 14.0. The predicted molar refractivity (Wildman–Crippen MR) is 106 cm³/mol. The molecule has 0 heterocycles. The molecule has 1 saturated carbocycles. The Morgan fingerprint density at radius 2 is 1.57 bits per heavy atom. The van der Waals surface area contributed by atoms with Gasteiger partial charge in [-0.3, -0.25) is 14.4 Å². The highest BCUT2D eigenvalue weighted by Gasteiger charge is 2.39. The van der Waals surface area contributed by atoms with Crippen LogP contribution in [0.25, 0.3) is 0 Å². The van der Waals surface area contributed by atoms with Crippen LogP contribution in [0, 0.1) is 11.8 Å². The average Bonchev–Trinajstić information content (AvgIpc) is 3.39. The molecule has 2 aromatic carbocycles. The Morgan fingerprint density at radius 1 is 0.933 bits per heavy atom. The second-order valence-electron chi connectivity index (χ2n) is 7.28. The summed E-state index contributed by atoms with van der Waals surface area (Å²) >= 11 is 0. The minimum atomic E-state index is -4.60. The van der Waals surface area contributed by atoms with Gasteiger partial charge in [0.15, 0.2) is 0 Å². The number of hydrogen-bond acceptors (Lipinski definition) is 3. The number of anilines is 3. The lowest BCUT2D eigenvalue weighted by Crippen LogP contribution is -2.17. The van der Waals surface area contributed by atoms with Gasteiger partial charge in [-0.15, -0.1) is 0 Å². The average molecular weight is 419 g/mol. The van der Waals surface area contributed by atoms with Crippen LogP contribution in [0.5, 0.6) is 0 Å². The van der Waals surface area contributed by atoms with E-state index in [1.54, 1.807) is 12.1 Å². The normalized spacial score (nSPS) is 17.8. The number of hydrogen-bond donors (Lipinski definition) is 3. The van der Waals surface area contributed by atoms with Gasteiger partial charge in [0.2, 0.25) is 11.8 Å². The number of carbonyl (C=O) groups is 3. The van der Waals surface area contributed by atoms with Crippen LogP contribution in [-0.4, -0.2) is 17.7 Å². The van der Waals surface area contributed by atoms with Crippen molar-refractivity contribution >= 4 is 34.8 Å². The van der Waals surface area contributed by atoms with Gasteiger partial charge < -0.3 is 16.0 Å². The zero-order chi connectivity index (χ0) is 22.1. The van der Waals surface area contributed by atoms with Crippen LogP contribution in [0.2, 0.25) is 0 Å². The molecule has 0 aromatic heterocycles. The van der Waals surface area contributed by atoms with Crippen LogP contribution >= 0.6 is 0 Å². The smallest absolute Gasteiger partial charge is 0.326 e. The molecule has 3 N–H and O–H groups in total. The lowest BCUT2D eigenvalue weighted by Gasteiger charge is -2.15. The molecule has 1 aliphatic carbocycles. The number of alkyl halides is 3. The van der Waals surface area contributed by atoms with Gasteiger partial charge in [-0.05, 0) is 54.8 Å². The fourth-order valence-electron chi connectivity index (χ4n) is 2.94. The first kappa shape index (κ1) is 21.4. The lowest BCUT2D eigenvalue weighted by atomic mass is 10.1. The molecule has 2 atom stereocenters. The fourth-order valence-corrected chi connectivity index (χ4v) is 2.94. The van der Waals surface area contributed by atoms with Crippen LogP contribution in [0.15, 0.2) is 42.5 Å². The van der Waals surface area contributed by atoms with E-state index in [1.165, 1.54) is 19.1 Å². The zero-order valence-corrected chi connectivity index (χ0v) is 16.3. The van der Waals surface area contributed by atoms with E-state index in [2.05, 4.69) is 16.0 Å². The van der Waals surface area contributed by atoms with Crippen molar-refractivity contribution in [1.29, 1.82) is 0 Å². The molecule has 6 nitrogen and oxygen atoms in total. The van der Waals surface area contributed by atoms with Gasteiger partial charge in [0.05, 0.1) is 16.9 Å². The van der Waals surface area contributed by atoms with Crippen LogP contribution in [0.3, 0.4) is 0 Å². The summed E-state index contributed by atoms with van der Waals surface area (Å²) in [7, 11) is 0. The molecular formula is C21H20F3N3O3. The molecular weight excluding hydrogens is 399 g/mol. The molecule has 3 amide bonds. The van der Waals surface area contributed by atoms with Gasteiger partial charge >= 0.3 is 6.18 Å². The molecule has 2 unspecified atom stereocenters. The van der Waals surface area contributed by atoms with Crippen molar-refractivity contribution in [2.45, 2.75) is 26.4 Å². The molecule has 158 valence electrons. The van der Waals surface area contributed by atoms with Crippen LogP contribution in [0.1, 0.15) is 36.2 Å². The second-order valence-corrected chi connectivity index (χ2v) is 7.28. The van der Waals surface area contributed by atoms with Gasteiger partial charge in [-0.2, -0.15) is 13.2 Å². The molecule has 30 heavy (non-hydrogen) atoms. The monoisotopic (exact) mass is 419 g/mol. The highest BCUT2D eigenvalue weighted by Crippen LogP contribution is 2.38. The minimum absolute atomic E-state index is 0.00100. The summed E-state index contributed by atoms with van der Waals surface area (Å²) in [5, 5.41) is 7.55. The lowest BCUT2D eigenvalue weighted by molar-refractivity contribution is -0.137. The van der Waals surface area contributed by atoms with Crippen molar-refractivity contribution in [2.75, 3.05) is 16.0 Å². The molecule has 0 radical (unpaired) electrons. The topological polar surface area (TPSA) is 87.3 Å². The Kier molecular flexibility index (Phi) is 5.82. The molecule has 3 rings (SSSR count). The number of halogens is 3. The summed E-state index contributed by atoms with van der Waals surface area (Å²) in [5.74, 6) is -0.866. The van der Waals surface area contributed by atoms with E-state index < -0.39 is 23.6 Å². The summed E-state index contributed by atoms with van der Waals surface area (Å²) in [6.45, 7) is 3.19. The second kappa shape index (κ2) is 8.17. The van der Waals surface area contributed by atoms with E-state index in [9.17, 15) is 27.6 Å². The predicted octanol–water partition coefficient (Wildman–Crippen LogP) is 4.51. The number of rotatable bonds is 5. The van der Waals surface area contributed by atoms with E-state index in [0.29, 0.717) is 11.6 Å². The SMILES string of the molecule is CC(=O)Nc1ccc(C(F)(F)F)cc1NC(=O)c1ccc(NC(=O)C2CC2C)cc1.